The van der Waals surface area contributed by atoms with Crippen LogP contribution in [0.15, 0.2) is 18.5 Å². The molecule has 6 nitrogen and oxygen atoms in total. The minimum Gasteiger partial charge on any atom is -0.368 e. The molecule has 0 saturated heterocycles. The molecule has 66 valence electrons. The second-order valence-corrected chi connectivity index (χ2v) is 2.48. The number of nitrogens with zero attached hydrogens (tertiary/aromatic N) is 5. The largest absolute Gasteiger partial charge is 0.368 e. The van der Waals surface area contributed by atoms with E-state index in [2.05, 4.69) is 20.1 Å². The van der Waals surface area contributed by atoms with Gasteiger partial charge in [-0.25, -0.2) is 9.97 Å². The minimum atomic E-state index is 0.295. The zero-order valence-electron chi connectivity index (χ0n) is 7.05. The van der Waals surface area contributed by atoms with Gasteiger partial charge >= 0.3 is 0 Å². The first kappa shape index (κ1) is 7.66. The summed E-state index contributed by atoms with van der Waals surface area (Å²) in [4.78, 5) is 11.9. The van der Waals surface area contributed by atoms with Gasteiger partial charge < -0.3 is 5.73 Å². The van der Waals surface area contributed by atoms with Crippen molar-refractivity contribution < 1.29 is 0 Å². The molecule has 0 radical (unpaired) electrons. The molecule has 2 rings (SSSR count). The molecule has 2 heterocycles. The van der Waals surface area contributed by atoms with Gasteiger partial charge in [0.15, 0.2) is 0 Å². The number of rotatable bonds is 1. The highest BCUT2D eigenvalue weighted by Gasteiger charge is 2.06. The molecule has 0 spiro atoms. The summed E-state index contributed by atoms with van der Waals surface area (Å²) in [6.07, 6.45) is 3.25. The summed E-state index contributed by atoms with van der Waals surface area (Å²) in [6, 6.07) is 1.73. The molecule has 0 aromatic carbocycles. The second-order valence-electron chi connectivity index (χ2n) is 2.48. The maximum absolute atomic E-state index is 5.58. The monoisotopic (exact) mass is 176 g/mol. The fourth-order valence-corrected chi connectivity index (χ4v) is 0.979. The first-order chi connectivity index (χ1) is 6.27. The smallest absolute Gasteiger partial charge is 0.253 e. The molecule has 0 bridgehead atoms. The van der Waals surface area contributed by atoms with Gasteiger partial charge in [-0.3, -0.25) is 0 Å². The number of aromatic nitrogens is 5. The Morgan fingerprint density at radius 3 is 2.54 bits per heavy atom. The maximum Gasteiger partial charge on any atom is 0.253 e. The Hall–Kier alpha value is -1.98. The third-order valence-electron chi connectivity index (χ3n) is 1.48. The Kier molecular flexibility index (Phi) is 1.66. The summed E-state index contributed by atoms with van der Waals surface area (Å²) < 4.78 is 1.40. The third-order valence-corrected chi connectivity index (χ3v) is 1.48. The predicted octanol–water partition coefficient (Wildman–Crippen LogP) is -0.0521. The van der Waals surface area contributed by atoms with Crippen LogP contribution in [0, 0.1) is 6.92 Å². The molecule has 0 atom stereocenters. The van der Waals surface area contributed by atoms with Crippen LogP contribution in [0.25, 0.3) is 5.95 Å². The van der Waals surface area contributed by atoms with Crippen molar-refractivity contribution >= 4 is 5.95 Å². The van der Waals surface area contributed by atoms with Crippen molar-refractivity contribution in [1.29, 1.82) is 0 Å². The Morgan fingerprint density at radius 1 is 1.31 bits per heavy atom. The lowest BCUT2D eigenvalue weighted by molar-refractivity contribution is 0.805. The average molecular weight is 176 g/mol. The number of hydrogen-bond acceptors (Lipinski definition) is 5. The molecule has 0 aliphatic carbocycles. The van der Waals surface area contributed by atoms with Crippen LogP contribution in [0.2, 0.25) is 0 Å². The number of hydrogen-bond donors (Lipinski definition) is 1. The molecule has 0 aliphatic heterocycles. The van der Waals surface area contributed by atoms with Crippen LogP contribution in [0.3, 0.4) is 0 Å². The third kappa shape index (κ3) is 1.33. The summed E-state index contributed by atoms with van der Waals surface area (Å²) >= 11 is 0. The number of aryl methyl sites for hydroxylation is 1. The maximum atomic E-state index is 5.58. The highest BCUT2D eigenvalue weighted by atomic mass is 15.4. The summed E-state index contributed by atoms with van der Waals surface area (Å²) in [5.74, 6) is 1.33. The summed E-state index contributed by atoms with van der Waals surface area (Å²) in [7, 11) is 0. The van der Waals surface area contributed by atoms with E-state index < -0.39 is 0 Å². The quantitative estimate of drug-likeness (QED) is 0.658. The van der Waals surface area contributed by atoms with Gasteiger partial charge in [-0.1, -0.05) is 0 Å². The van der Waals surface area contributed by atoms with E-state index in [-0.39, 0.29) is 0 Å². The SMILES string of the molecule is Cc1nc(N)n(-c2ncccn2)n1. The van der Waals surface area contributed by atoms with Gasteiger partial charge in [0.05, 0.1) is 0 Å². The molecular weight excluding hydrogens is 168 g/mol. The van der Waals surface area contributed by atoms with Gasteiger partial charge in [-0.15, -0.1) is 5.10 Å². The number of nitrogens with two attached hydrogens (primary N) is 1. The molecule has 2 N–H and O–H groups in total. The second kappa shape index (κ2) is 2.81. The standard InChI is InChI=1S/C7H8N6/c1-5-11-6(8)13(12-5)7-9-3-2-4-10-7/h2-4H,1H3,(H2,8,11,12). The zero-order valence-corrected chi connectivity index (χ0v) is 7.05. The van der Waals surface area contributed by atoms with Crippen molar-refractivity contribution in [1.82, 2.24) is 24.7 Å². The van der Waals surface area contributed by atoms with E-state index in [0.29, 0.717) is 17.7 Å². The molecule has 2 aromatic rings. The Bertz CT molecular complexity index is 406. The average Bonchev–Trinajstić information content (AvgIpc) is 2.47. The molecule has 0 amide bonds. The lowest BCUT2D eigenvalue weighted by atomic mass is 10.7. The molecule has 6 heteroatoms. The van der Waals surface area contributed by atoms with Crippen molar-refractivity contribution in [3.8, 4) is 5.95 Å². The zero-order chi connectivity index (χ0) is 9.26. The highest BCUT2D eigenvalue weighted by Crippen LogP contribution is 2.04. The van der Waals surface area contributed by atoms with Gasteiger partial charge in [0.25, 0.3) is 5.95 Å². The van der Waals surface area contributed by atoms with Gasteiger partial charge in [-0.2, -0.15) is 9.67 Å². The molecule has 0 fully saturated rings. The number of nitrogen functional groups attached to an aromatic ring is 1. The summed E-state index contributed by atoms with van der Waals surface area (Å²) in [5.41, 5.74) is 5.58. The van der Waals surface area contributed by atoms with E-state index in [1.165, 1.54) is 4.68 Å². The molecule has 13 heavy (non-hydrogen) atoms. The molecule has 0 saturated carbocycles. The normalized spacial score (nSPS) is 10.2. The van der Waals surface area contributed by atoms with E-state index in [0.717, 1.165) is 0 Å². The summed E-state index contributed by atoms with van der Waals surface area (Å²) in [5, 5.41) is 4.04. The van der Waals surface area contributed by atoms with Crippen LogP contribution < -0.4 is 5.73 Å². The summed E-state index contributed by atoms with van der Waals surface area (Å²) in [6.45, 7) is 1.76. The number of anilines is 1. The molecule has 0 unspecified atom stereocenters. The van der Waals surface area contributed by atoms with Crippen LogP contribution in [-0.2, 0) is 0 Å². The van der Waals surface area contributed by atoms with E-state index in [1.54, 1.807) is 25.4 Å². The van der Waals surface area contributed by atoms with Crippen molar-refractivity contribution in [2.24, 2.45) is 0 Å². The fraction of sp³-hybridized carbons (Fsp3) is 0.143. The lowest BCUT2D eigenvalue weighted by Crippen LogP contribution is -2.06. The molecule has 2 aromatic heterocycles. The van der Waals surface area contributed by atoms with Crippen LogP contribution in [0.4, 0.5) is 5.95 Å². The highest BCUT2D eigenvalue weighted by molar-refractivity contribution is 5.25. The Balaban J connectivity index is 2.53. The van der Waals surface area contributed by atoms with Crippen molar-refractivity contribution in [3.05, 3.63) is 24.3 Å². The minimum absolute atomic E-state index is 0.295. The lowest BCUT2D eigenvalue weighted by Gasteiger charge is -1.97. The van der Waals surface area contributed by atoms with Crippen LogP contribution >= 0.6 is 0 Å². The van der Waals surface area contributed by atoms with Crippen LogP contribution in [0.1, 0.15) is 5.82 Å². The molecular formula is C7H8N6. The predicted molar refractivity (Wildman–Crippen MR) is 46.1 cm³/mol. The van der Waals surface area contributed by atoms with E-state index >= 15 is 0 Å². The van der Waals surface area contributed by atoms with Crippen molar-refractivity contribution in [3.63, 3.8) is 0 Å². The fourth-order valence-electron chi connectivity index (χ4n) is 0.979. The van der Waals surface area contributed by atoms with Crippen molar-refractivity contribution in [2.45, 2.75) is 6.92 Å². The van der Waals surface area contributed by atoms with Crippen LogP contribution in [0.5, 0.6) is 0 Å². The van der Waals surface area contributed by atoms with E-state index in [1.807, 2.05) is 0 Å². The Labute approximate surface area is 74.5 Å². The van der Waals surface area contributed by atoms with Gasteiger partial charge in [0.1, 0.15) is 5.82 Å². The van der Waals surface area contributed by atoms with Gasteiger partial charge in [0.2, 0.25) is 5.95 Å². The first-order valence-electron chi connectivity index (χ1n) is 3.74. The van der Waals surface area contributed by atoms with E-state index in [4.69, 9.17) is 5.73 Å². The van der Waals surface area contributed by atoms with E-state index in [9.17, 15) is 0 Å². The van der Waals surface area contributed by atoms with Gasteiger partial charge in [-0.05, 0) is 13.0 Å². The van der Waals surface area contributed by atoms with Crippen LogP contribution in [-0.4, -0.2) is 24.7 Å². The Morgan fingerprint density at radius 2 is 2.00 bits per heavy atom. The molecule has 0 aliphatic rings. The first-order valence-corrected chi connectivity index (χ1v) is 3.74. The van der Waals surface area contributed by atoms with Crippen molar-refractivity contribution in [2.75, 3.05) is 5.73 Å². The van der Waals surface area contributed by atoms with Gasteiger partial charge in [0, 0.05) is 12.4 Å². The topological polar surface area (TPSA) is 82.5 Å².